The molecule has 0 fully saturated rings. The Kier molecular flexibility index (Phi) is 5.38. The predicted molar refractivity (Wildman–Crippen MR) is 110 cm³/mol. The number of hydrogen-bond donors (Lipinski definition) is 1. The number of benzene rings is 2. The average Bonchev–Trinajstić information content (AvgIpc) is 2.82. The highest BCUT2D eigenvalue weighted by Crippen LogP contribution is 2.41. The van der Waals surface area contributed by atoms with Gasteiger partial charge in [0.05, 0.1) is 10.3 Å². The van der Waals surface area contributed by atoms with E-state index in [1.807, 2.05) is 44.4 Å². The number of carbonyl (C=O) groups is 1. The Labute approximate surface area is 165 Å². The molecule has 0 saturated heterocycles. The molecule has 0 saturated carbocycles. The fourth-order valence-corrected chi connectivity index (χ4v) is 4.79. The van der Waals surface area contributed by atoms with Crippen molar-refractivity contribution in [3.05, 3.63) is 53.6 Å². The van der Waals surface area contributed by atoms with E-state index in [2.05, 4.69) is 4.72 Å². The Bertz CT molecular complexity index is 967. The Morgan fingerprint density at radius 1 is 1.11 bits per heavy atom. The zero-order valence-electron chi connectivity index (χ0n) is 15.9. The molecule has 0 unspecified atom stereocenters. The van der Waals surface area contributed by atoms with Gasteiger partial charge >= 0.3 is 0 Å². The highest BCUT2D eigenvalue weighted by molar-refractivity contribution is 7.98. The Morgan fingerprint density at radius 2 is 1.78 bits per heavy atom. The molecule has 1 amide bonds. The normalized spacial score (nSPS) is 15.9. The minimum absolute atomic E-state index is 0.0336. The average molecular weight is 405 g/mol. The van der Waals surface area contributed by atoms with E-state index in [1.165, 1.54) is 4.90 Å². The van der Waals surface area contributed by atoms with Crippen molar-refractivity contribution in [2.75, 3.05) is 24.7 Å². The Morgan fingerprint density at radius 3 is 2.41 bits per heavy atom. The number of nitrogens with one attached hydrogen (secondary N) is 1. The van der Waals surface area contributed by atoms with Gasteiger partial charge in [-0.25, -0.2) is 13.1 Å². The van der Waals surface area contributed by atoms with Crippen LogP contribution in [0.1, 0.15) is 25.0 Å². The zero-order valence-corrected chi connectivity index (χ0v) is 17.6. The first-order valence-electron chi connectivity index (χ1n) is 8.72. The summed E-state index contributed by atoms with van der Waals surface area (Å²) in [4.78, 5) is 15.3. The van der Waals surface area contributed by atoms with E-state index >= 15 is 0 Å². The second-order valence-corrected chi connectivity index (χ2v) is 9.81. The van der Waals surface area contributed by atoms with Crippen molar-refractivity contribution in [2.45, 2.75) is 35.5 Å². The number of rotatable bonds is 6. The van der Waals surface area contributed by atoms with Crippen LogP contribution >= 0.6 is 11.8 Å². The van der Waals surface area contributed by atoms with E-state index in [1.54, 1.807) is 41.9 Å². The molecule has 2 aromatic rings. The number of sulfonamides is 1. The first-order chi connectivity index (χ1) is 12.7. The summed E-state index contributed by atoms with van der Waals surface area (Å²) in [5.41, 5.74) is 1.86. The first-order valence-corrected chi connectivity index (χ1v) is 11.4. The van der Waals surface area contributed by atoms with Crippen LogP contribution in [0.5, 0.6) is 0 Å². The van der Waals surface area contributed by atoms with Crippen molar-refractivity contribution in [3.63, 3.8) is 0 Å². The van der Waals surface area contributed by atoms with Crippen LogP contribution in [0.15, 0.2) is 52.3 Å². The highest BCUT2D eigenvalue weighted by Gasteiger charge is 2.42. The molecule has 0 radical (unpaired) electrons. The van der Waals surface area contributed by atoms with Crippen LogP contribution in [0.4, 0.5) is 5.69 Å². The second kappa shape index (κ2) is 7.30. The van der Waals surface area contributed by atoms with Gasteiger partial charge in [0.15, 0.2) is 0 Å². The van der Waals surface area contributed by atoms with Crippen molar-refractivity contribution in [1.29, 1.82) is 0 Å². The molecule has 1 N–H and O–H groups in total. The summed E-state index contributed by atoms with van der Waals surface area (Å²) in [7, 11) is -1.92. The molecule has 0 aromatic heterocycles. The largest absolute Gasteiger partial charge is 0.314 e. The topological polar surface area (TPSA) is 66.5 Å². The monoisotopic (exact) mass is 404 g/mol. The minimum atomic E-state index is -3.63. The molecule has 0 spiro atoms. The van der Waals surface area contributed by atoms with Gasteiger partial charge in [-0.3, -0.25) is 4.79 Å². The summed E-state index contributed by atoms with van der Waals surface area (Å²) in [6, 6.07) is 13.0. The van der Waals surface area contributed by atoms with Crippen LogP contribution in [0.2, 0.25) is 0 Å². The smallest absolute Gasteiger partial charge is 0.240 e. The van der Waals surface area contributed by atoms with Gasteiger partial charge in [0.1, 0.15) is 0 Å². The Hall–Kier alpha value is -1.83. The minimum Gasteiger partial charge on any atom is -0.314 e. The molecule has 7 heteroatoms. The van der Waals surface area contributed by atoms with E-state index in [-0.39, 0.29) is 10.8 Å². The van der Waals surface area contributed by atoms with Crippen molar-refractivity contribution >= 4 is 33.4 Å². The van der Waals surface area contributed by atoms with Crippen LogP contribution in [0, 0.1) is 0 Å². The summed E-state index contributed by atoms with van der Waals surface area (Å²) in [6.45, 7) is 3.96. The lowest BCUT2D eigenvalue weighted by Crippen LogP contribution is -2.33. The van der Waals surface area contributed by atoms with E-state index in [9.17, 15) is 13.2 Å². The molecule has 0 bridgehead atoms. The Balaban J connectivity index is 1.74. The van der Waals surface area contributed by atoms with E-state index in [0.29, 0.717) is 13.0 Å². The maximum atomic E-state index is 12.7. The molecule has 5 nitrogen and oxygen atoms in total. The number of thioether (sulfide) groups is 1. The fraction of sp³-hybridized carbons (Fsp3) is 0.350. The van der Waals surface area contributed by atoms with Gasteiger partial charge in [0.25, 0.3) is 0 Å². The van der Waals surface area contributed by atoms with Crippen LogP contribution in [-0.4, -0.2) is 34.2 Å². The van der Waals surface area contributed by atoms with Crippen molar-refractivity contribution in [1.82, 2.24) is 4.72 Å². The lowest BCUT2D eigenvalue weighted by Gasteiger charge is -2.16. The molecular weight excluding hydrogens is 380 g/mol. The number of carbonyl (C=O) groups excluding carboxylic acids is 1. The third kappa shape index (κ3) is 3.77. The van der Waals surface area contributed by atoms with Gasteiger partial charge in [-0.2, -0.15) is 0 Å². The first kappa shape index (κ1) is 19.9. The van der Waals surface area contributed by atoms with Crippen LogP contribution < -0.4 is 9.62 Å². The molecule has 0 atom stereocenters. The van der Waals surface area contributed by atoms with E-state index < -0.39 is 15.4 Å². The lowest BCUT2D eigenvalue weighted by atomic mass is 9.86. The SMILES string of the molecule is CSc1ccc(CCNS(=O)(=O)c2ccc3c(c2)C(C)(C)C(=O)N3C)cc1. The standard InChI is InChI=1S/C20H24N2O3S2/c1-20(2)17-13-16(9-10-18(17)22(3)19(20)23)27(24,25)21-12-11-14-5-7-15(26-4)8-6-14/h5-10,13,21H,11-12H2,1-4H3. The molecule has 1 heterocycles. The maximum Gasteiger partial charge on any atom is 0.240 e. The molecule has 144 valence electrons. The van der Waals surface area contributed by atoms with Gasteiger partial charge in [-0.15, -0.1) is 11.8 Å². The molecule has 3 rings (SSSR count). The number of fused-ring (bicyclic) bond motifs is 1. The van der Waals surface area contributed by atoms with Crippen LogP contribution in [-0.2, 0) is 26.7 Å². The number of anilines is 1. The number of amides is 1. The summed E-state index contributed by atoms with van der Waals surface area (Å²) >= 11 is 1.67. The maximum absolute atomic E-state index is 12.7. The second-order valence-electron chi connectivity index (χ2n) is 7.16. The third-order valence-corrected chi connectivity index (χ3v) is 7.22. The van der Waals surface area contributed by atoms with Gasteiger partial charge in [0.2, 0.25) is 15.9 Å². The molecular formula is C20H24N2O3S2. The lowest BCUT2D eigenvalue weighted by molar-refractivity contribution is -0.121. The van der Waals surface area contributed by atoms with Crippen LogP contribution in [0.25, 0.3) is 0 Å². The number of likely N-dealkylation sites (N-methyl/N-ethyl adjacent to an activating group) is 1. The van der Waals surface area contributed by atoms with E-state index in [4.69, 9.17) is 0 Å². The zero-order chi connectivity index (χ0) is 19.8. The molecule has 27 heavy (non-hydrogen) atoms. The summed E-state index contributed by atoms with van der Waals surface area (Å²) in [5, 5.41) is 0. The summed E-state index contributed by atoms with van der Waals surface area (Å²) in [6.07, 6.45) is 2.64. The van der Waals surface area contributed by atoms with Crippen molar-refractivity contribution < 1.29 is 13.2 Å². The van der Waals surface area contributed by atoms with E-state index in [0.717, 1.165) is 16.8 Å². The van der Waals surface area contributed by atoms with Gasteiger partial charge < -0.3 is 4.90 Å². The van der Waals surface area contributed by atoms with Gasteiger partial charge in [-0.05, 0) is 68.0 Å². The van der Waals surface area contributed by atoms with Crippen molar-refractivity contribution in [2.24, 2.45) is 0 Å². The number of nitrogens with zero attached hydrogens (tertiary/aromatic N) is 1. The fourth-order valence-electron chi connectivity index (χ4n) is 3.32. The summed E-state index contributed by atoms with van der Waals surface area (Å²) in [5.74, 6) is -0.0336. The van der Waals surface area contributed by atoms with Crippen LogP contribution in [0.3, 0.4) is 0 Å². The summed E-state index contributed by atoms with van der Waals surface area (Å²) < 4.78 is 28.0. The predicted octanol–water partition coefficient (Wildman–Crippen LogP) is 3.18. The number of hydrogen-bond acceptors (Lipinski definition) is 4. The van der Waals surface area contributed by atoms with Crippen molar-refractivity contribution in [3.8, 4) is 0 Å². The van der Waals surface area contributed by atoms with Gasteiger partial charge in [-0.1, -0.05) is 12.1 Å². The molecule has 0 aliphatic carbocycles. The molecule has 1 aliphatic rings. The third-order valence-electron chi connectivity index (χ3n) is 5.02. The highest BCUT2D eigenvalue weighted by atomic mass is 32.2. The molecule has 2 aromatic carbocycles. The van der Waals surface area contributed by atoms with Gasteiger partial charge in [0, 0.05) is 24.2 Å². The molecule has 1 aliphatic heterocycles. The quantitative estimate of drug-likeness (QED) is 0.751.